The van der Waals surface area contributed by atoms with E-state index < -0.39 is 4.92 Å². The second-order valence-corrected chi connectivity index (χ2v) is 3.90. The first-order valence-corrected chi connectivity index (χ1v) is 4.35. The number of nitro groups is 1. The Labute approximate surface area is 78.5 Å². The van der Waals surface area contributed by atoms with Crippen LogP contribution in [-0.2, 0) is 0 Å². The van der Waals surface area contributed by atoms with Crippen molar-refractivity contribution in [1.82, 2.24) is 4.98 Å². The molecule has 0 aliphatic heterocycles. The minimum absolute atomic E-state index is 0.00519. The number of rotatable bonds is 1. The van der Waals surface area contributed by atoms with Gasteiger partial charge in [0.15, 0.2) is 8.17 Å². The number of thiazole rings is 1. The van der Waals surface area contributed by atoms with Crippen LogP contribution in [-0.4, -0.2) is 9.91 Å². The van der Waals surface area contributed by atoms with Crippen molar-refractivity contribution in [2.24, 2.45) is 0 Å². The summed E-state index contributed by atoms with van der Waals surface area (Å²) in [6.07, 6.45) is 0. The number of hydrogen-bond donors (Lipinski definition) is 0. The Morgan fingerprint density at radius 1 is 1.80 bits per heavy atom. The molecular weight excluding hydrogens is 290 g/mol. The second kappa shape index (κ2) is 2.97. The lowest BCUT2D eigenvalue weighted by atomic mass is 10.9. The molecule has 0 saturated carbocycles. The highest BCUT2D eigenvalue weighted by atomic mass is 127. The van der Waals surface area contributed by atoms with Gasteiger partial charge in [0, 0.05) is 0 Å². The number of hydrogen-bond acceptors (Lipinski definition) is 4. The summed E-state index contributed by atoms with van der Waals surface area (Å²) in [5, 5.41) is 10.2. The first kappa shape index (κ1) is 8.15. The van der Waals surface area contributed by atoms with E-state index in [4.69, 9.17) is 11.6 Å². The predicted molar refractivity (Wildman–Crippen MR) is 46.5 cm³/mol. The van der Waals surface area contributed by atoms with Gasteiger partial charge in [-0.3, -0.25) is 10.1 Å². The standard InChI is InChI=1S/C3ClIN2O2S/c4-3-6-1(5)2(10-3)7(8)9. The van der Waals surface area contributed by atoms with Crippen molar-refractivity contribution in [3.8, 4) is 0 Å². The van der Waals surface area contributed by atoms with E-state index in [0.29, 0.717) is 3.70 Å². The quantitative estimate of drug-likeness (QED) is 0.453. The fraction of sp³-hybridized carbons (Fsp3) is 0. The Balaban J connectivity index is 3.15. The molecular formula is C3ClIN2O2S. The normalized spacial score (nSPS) is 9.80. The average molecular weight is 290 g/mol. The van der Waals surface area contributed by atoms with Gasteiger partial charge >= 0.3 is 5.00 Å². The smallest absolute Gasteiger partial charge is 0.257 e. The first-order valence-electron chi connectivity index (χ1n) is 2.07. The van der Waals surface area contributed by atoms with Crippen molar-refractivity contribution in [2.75, 3.05) is 0 Å². The topological polar surface area (TPSA) is 56.0 Å². The lowest BCUT2D eigenvalue weighted by Crippen LogP contribution is -1.85. The molecule has 0 amide bonds. The van der Waals surface area contributed by atoms with Crippen LogP contribution < -0.4 is 0 Å². The van der Waals surface area contributed by atoms with Crippen LogP contribution in [0.15, 0.2) is 0 Å². The number of aromatic nitrogens is 1. The summed E-state index contributed by atoms with van der Waals surface area (Å²) < 4.78 is 0.550. The summed E-state index contributed by atoms with van der Waals surface area (Å²) in [5.41, 5.74) is 0. The van der Waals surface area contributed by atoms with Crippen LogP contribution in [0.2, 0.25) is 4.47 Å². The van der Waals surface area contributed by atoms with Gasteiger partial charge in [-0.2, -0.15) is 0 Å². The summed E-state index contributed by atoms with van der Waals surface area (Å²) in [6, 6.07) is 0. The molecule has 0 N–H and O–H groups in total. The van der Waals surface area contributed by atoms with Gasteiger partial charge in [0.1, 0.15) is 0 Å². The zero-order valence-electron chi connectivity index (χ0n) is 4.38. The monoisotopic (exact) mass is 290 g/mol. The van der Waals surface area contributed by atoms with Crippen LogP contribution in [0, 0.1) is 13.8 Å². The Hall–Kier alpha value is 0.0500. The van der Waals surface area contributed by atoms with Crippen molar-refractivity contribution in [2.45, 2.75) is 0 Å². The van der Waals surface area contributed by atoms with Crippen LogP contribution >= 0.6 is 45.5 Å². The molecule has 1 aromatic heterocycles. The third-order valence-corrected chi connectivity index (χ3v) is 2.94. The lowest BCUT2D eigenvalue weighted by Gasteiger charge is -1.80. The maximum absolute atomic E-state index is 10.1. The molecule has 1 aromatic rings. The molecule has 1 heterocycles. The molecule has 0 spiro atoms. The van der Waals surface area contributed by atoms with E-state index in [9.17, 15) is 10.1 Å². The Morgan fingerprint density at radius 3 is 2.60 bits per heavy atom. The van der Waals surface area contributed by atoms with E-state index in [1.807, 2.05) is 0 Å². The SMILES string of the molecule is O=[N+]([O-])c1sc(Cl)nc1I. The van der Waals surface area contributed by atoms with Crippen LogP contribution in [0.25, 0.3) is 0 Å². The first-order chi connectivity index (χ1) is 4.61. The number of nitrogens with zero attached hydrogens (tertiary/aromatic N) is 2. The molecule has 0 radical (unpaired) electrons. The van der Waals surface area contributed by atoms with Gasteiger partial charge in [0.25, 0.3) is 0 Å². The predicted octanol–water partition coefficient (Wildman–Crippen LogP) is 2.31. The molecule has 0 fully saturated rings. The molecule has 54 valence electrons. The molecule has 0 saturated heterocycles. The second-order valence-electron chi connectivity index (χ2n) is 1.32. The zero-order chi connectivity index (χ0) is 7.72. The largest absolute Gasteiger partial charge is 0.358 e. The minimum atomic E-state index is -0.495. The van der Waals surface area contributed by atoms with Crippen LogP contribution in [0.3, 0.4) is 0 Å². The van der Waals surface area contributed by atoms with Gasteiger partial charge in [0.05, 0.1) is 4.92 Å². The van der Waals surface area contributed by atoms with Crippen molar-refractivity contribution >= 4 is 50.5 Å². The maximum Gasteiger partial charge on any atom is 0.358 e. The summed E-state index contributed by atoms with van der Waals surface area (Å²) in [6.45, 7) is 0. The van der Waals surface area contributed by atoms with Gasteiger partial charge in [-0.05, 0) is 33.9 Å². The fourth-order valence-corrected chi connectivity index (χ4v) is 2.26. The van der Waals surface area contributed by atoms with E-state index in [2.05, 4.69) is 4.98 Å². The van der Waals surface area contributed by atoms with E-state index in [1.54, 1.807) is 22.6 Å². The van der Waals surface area contributed by atoms with Crippen LogP contribution in [0.1, 0.15) is 0 Å². The van der Waals surface area contributed by atoms with E-state index in [-0.39, 0.29) is 9.47 Å². The highest BCUT2D eigenvalue weighted by Gasteiger charge is 2.17. The summed E-state index contributed by atoms with van der Waals surface area (Å²) in [4.78, 5) is 13.3. The summed E-state index contributed by atoms with van der Waals surface area (Å²) >= 11 is 8.05. The average Bonchev–Trinajstić information content (AvgIpc) is 2.10. The lowest BCUT2D eigenvalue weighted by molar-refractivity contribution is -0.381. The molecule has 7 heteroatoms. The highest BCUT2D eigenvalue weighted by Crippen LogP contribution is 2.30. The van der Waals surface area contributed by atoms with Gasteiger partial charge < -0.3 is 0 Å². The summed E-state index contributed by atoms with van der Waals surface area (Å²) in [7, 11) is 0. The van der Waals surface area contributed by atoms with E-state index in [1.165, 1.54) is 0 Å². The zero-order valence-corrected chi connectivity index (χ0v) is 8.11. The van der Waals surface area contributed by atoms with Crippen molar-refractivity contribution in [3.63, 3.8) is 0 Å². The van der Waals surface area contributed by atoms with Crippen molar-refractivity contribution in [1.29, 1.82) is 0 Å². The molecule has 0 bridgehead atoms. The van der Waals surface area contributed by atoms with Gasteiger partial charge in [-0.1, -0.05) is 11.6 Å². The summed E-state index contributed by atoms with van der Waals surface area (Å²) in [5.74, 6) is 0. The molecule has 4 nitrogen and oxygen atoms in total. The fourth-order valence-electron chi connectivity index (χ4n) is 0.382. The van der Waals surface area contributed by atoms with Crippen molar-refractivity contribution in [3.05, 3.63) is 18.3 Å². The molecule has 1 rings (SSSR count). The third-order valence-electron chi connectivity index (χ3n) is 0.709. The van der Waals surface area contributed by atoms with E-state index >= 15 is 0 Å². The van der Waals surface area contributed by atoms with Gasteiger partial charge in [-0.15, -0.1) is 0 Å². The molecule has 0 aromatic carbocycles. The Kier molecular flexibility index (Phi) is 2.42. The molecule has 0 aliphatic rings. The molecule has 10 heavy (non-hydrogen) atoms. The Bertz CT molecular complexity index is 275. The highest BCUT2D eigenvalue weighted by molar-refractivity contribution is 14.1. The minimum Gasteiger partial charge on any atom is -0.257 e. The van der Waals surface area contributed by atoms with Gasteiger partial charge in [-0.25, -0.2) is 4.98 Å². The van der Waals surface area contributed by atoms with Crippen molar-refractivity contribution < 1.29 is 4.92 Å². The Morgan fingerprint density at radius 2 is 2.40 bits per heavy atom. The van der Waals surface area contributed by atoms with E-state index in [0.717, 1.165) is 11.3 Å². The molecule has 0 atom stereocenters. The van der Waals surface area contributed by atoms with Crippen LogP contribution in [0.5, 0.6) is 0 Å². The molecule has 0 aliphatic carbocycles. The van der Waals surface area contributed by atoms with Crippen LogP contribution in [0.4, 0.5) is 5.00 Å². The molecule has 0 unspecified atom stereocenters. The maximum atomic E-state index is 10.1. The third kappa shape index (κ3) is 1.55. The van der Waals surface area contributed by atoms with Gasteiger partial charge in [0.2, 0.25) is 0 Å². The number of halogens is 2.